The summed E-state index contributed by atoms with van der Waals surface area (Å²) < 4.78 is 53.1. The minimum atomic E-state index is -3.75. The molecule has 0 atom stereocenters. The molecule has 0 saturated heterocycles. The van der Waals surface area contributed by atoms with Crippen LogP contribution in [-0.2, 0) is 19.9 Å². The molecule has 1 N–H and O–H groups in total. The molecule has 0 aliphatic rings. The lowest BCUT2D eigenvalue weighted by atomic mass is 10.2. The Hall–Kier alpha value is -1.97. The highest BCUT2D eigenvalue weighted by Crippen LogP contribution is 2.30. The minimum absolute atomic E-state index is 0.0406. The summed E-state index contributed by atoms with van der Waals surface area (Å²) in [5.41, 5.74) is 2.40. The van der Waals surface area contributed by atoms with Crippen molar-refractivity contribution in [2.75, 3.05) is 10.5 Å². The summed E-state index contributed by atoms with van der Waals surface area (Å²) in [6.45, 7) is 5.37. The van der Waals surface area contributed by atoms with Crippen molar-refractivity contribution >= 4 is 47.1 Å². The molecular weight excluding hydrogens is 404 g/mol. The summed E-state index contributed by atoms with van der Waals surface area (Å²) in [6.07, 6.45) is 0.513. The van der Waals surface area contributed by atoms with Gasteiger partial charge in [-0.05, 0) is 55.7 Å². The van der Waals surface area contributed by atoms with Crippen molar-refractivity contribution in [3.8, 4) is 0 Å². The molecule has 3 aromatic rings. The number of nitrogens with one attached hydrogen (secondary N) is 1. The van der Waals surface area contributed by atoms with Crippen LogP contribution in [0.15, 0.2) is 45.6 Å². The number of hydrogen-bond donors (Lipinski definition) is 1. The van der Waals surface area contributed by atoms with Gasteiger partial charge in [0, 0.05) is 0 Å². The second-order valence-corrected chi connectivity index (χ2v) is 11.3. The maximum atomic E-state index is 12.7. The van der Waals surface area contributed by atoms with Gasteiger partial charge in [-0.25, -0.2) is 21.8 Å². The quantitative estimate of drug-likeness (QED) is 0.648. The topological polar surface area (TPSA) is 93.2 Å². The van der Waals surface area contributed by atoms with Gasteiger partial charge < -0.3 is 0 Å². The van der Waals surface area contributed by atoms with Crippen LogP contribution in [0, 0.1) is 13.8 Å². The van der Waals surface area contributed by atoms with Crippen molar-refractivity contribution in [3.63, 3.8) is 0 Å². The van der Waals surface area contributed by atoms with Crippen LogP contribution >= 0.6 is 11.3 Å². The number of fused-ring (bicyclic) bond motifs is 1. The summed E-state index contributed by atoms with van der Waals surface area (Å²) in [7, 11) is -7.15. The lowest BCUT2D eigenvalue weighted by Gasteiger charge is -2.11. The highest BCUT2D eigenvalue weighted by Gasteiger charge is 2.20. The predicted octanol–water partition coefficient (Wildman–Crippen LogP) is 3.90. The summed E-state index contributed by atoms with van der Waals surface area (Å²) >= 11 is 1.05. The maximum Gasteiger partial charge on any atom is 0.262 e. The number of aromatic nitrogens is 1. The second kappa shape index (κ2) is 7.21. The summed E-state index contributed by atoms with van der Waals surface area (Å²) in [5.74, 6) is 0.0406. The van der Waals surface area contributed by atoms with Crippen molar-refractivity contribution in [2.24, 2.45) is 0 Å². The summed E-state index contributed by atoms with van der Waals surface area (Å²) in [4.78, 5) is 4.40. The molecule has 0 amide bonds. The Kier molecular flexibility index (Phi) is 5.29. The van der Waals surface area contributed by atoms with Gasteiger partial charge in [-0.3, -0.25) is 4.72 Å². The van der Waals surface area contributed by atoms with Gasteiger partial charge in [0.25, 0.3) is 10.0 Å². The highest BCUT2D eigenvalue weighted by atomic mass is 32.2. The molecular formula is C18H20N2O4S3. The number of aryl methyl sites for hydroxylation is 2. The third kappa shape index (κ3) is 4.15. The van der Waals surface area contributed by atoms with Gasteiger partial charge in [0.1, 0.15) is 0 Å². The van der Waals surface area contributed by atoms with Crippen LogP contribution in [0.2, 0.25) is 0 Å². The normalized spacial score (nSPS) is 12.4. The Labute approximate surface area is 163 Å². The molecule has 1 heterocycles. The first-order valence-electron chi connectivity index (χ1n) is 8.36. The Bertz CT molecular complexity index is 1210. The fraction of sp³-hybridized carbons (Fsp3) is 0.278. The minimum Gasteiger partial charge on any atom is -0.280 e. The van der Waals surface area contributed by atoms with Crippen molar-refractivity contribution in [1.29, 1.82) is 0 Å². The molecule has 0 unspecified atom stereocenters. The van der Waals surface area contributed by atoms with Crippen molar-refractivity contribution in [1.82, 2.24) is 4.98 Å². The van der Waals surface area contributed by atoms with Crippen molar-refractivity contribution < 1.29 is 16.8 Å². The van der Waals surface area contributed by atoms with Gasteiger partial charge in [0.05, 0.1) is 26.6 Å². The number of sulfonamides is 1. The smallest absolute Gasteiger partial charge is 0.262 e. The molecule has 0 aliphatic carbocycles. The van der Waals surface area contributed by atoms with Crippen molar-refractivity contribution in [3.05, 3.63) is 47.5 Å². The van der Waals surface area contributed by atoms with Gasteiger partial charge in [-0.15, -0.1) is 11.3 Å². The molecule has 9 heteroatoms. The van der Waals surface area contributed by atoms with Crippen LogP contribution in [0.1, 0.15) is 24.5 Å². The Morgan fingerprint density at radius 2 is 1.78 bits per heavy atom. The average molecular weight is 425 g/mol. The lowest BCUT2D eigenvalue weighted by Crippen LogP contribution is -2.14. The Morgan fingerprint density at radius 1 is 1.04 bits per heavy atom. The zero-order chi connectivity index (χ0) is 19.8. The SMILES string of the molecule is CCCS(=O)(=O)c1nc2ccc(NS(=O)(=O)c3cc(C)ccc3C)cc2s1. The molecule has 0 bridgehead atoms. The van der Waals surface area contributed by atoms with E-state index in [1.165, 1.54) is 0 Å². The number of anilines is 1. The monoisotopic (exact) mass is 424 g/mol. The number of benzene rings is 2. The van der Waals surface area contributed by atoms with E-state index < -0.39 is 19.9 Å². The zero-order valence-electron chi connectivity index (χ0n) is 15.2. The number of rotatable bonds is 6. The van der Waals surface area contributed by atoms with E-state index in [1.807, 2.05) is 13.0 Å². The standard InChI is InChI=1S/C18H20N2O4S3/c1-4-9-26(21,22)18-19-15-8-7-14(11-16(15)25-18)20-27(23,24)17-10-12(2)5-6-13(17)3/h5-8,10-11,20H,4,9H2,1-3H3. The molecule has 0 spiro atoms. The number of hydrogen-bond acceptors (Lipinski definition) is 6. The first kappa shape index (κ1) is 19.8. The number of nitrogens with zero attached hydrogens (tertiary/aromatic N) is 1. The average Bonchev–Trinajstić information content (AvgIpc) is 3.01. The van der Waals surface area contributed by atoms with E-state index in [2.05, 4.69) is 9.71 Å². The van der Waals surface area contributed by atoms with Crippen molar-refractivity contribution in [2.45, 2.75) is 36.4 Å². The first-order valence-corrected chi connectivity index (χ1v) is 12.3. The molecule has 27 heavy (non-hydrogen) atoms. The fourth-order valence-electron chi connectivity index (χ4n) is 2.66. The highest BCUT2D eigenvalue weighted by molar-refractivity contribution is 7.93. The van der Waals surface area contributed by atoms with Gasteiger partial charge in [0.2, 0.25) is 14.2 Å². The van der Waals surface area contributed by atoms with Crippen LogP contribution in [0.3, 0.4) is 0 Å². The molecule has 1 aromatic heterocycles. The zero-order valence-corrected chi connectivity index (χ0v) is 17.6. The Balaban J connectivity index is 1.97. The van der Waals surface area contributed by atoms with Crippen LogP contribution in [0.4, 0.5) is 5.69 Å². The fourth-order valence-corrected chi connectivity index (χ4v) is 6.76. The van der Waals surface area contributed by atoms with Gasteiger partial charge >= 0.3 is 0 Å². The van der Waals surface area contributed by atoms with E-state index in [0.29, 0.717) is 27.9 Å². The van der Waals surface area contributed by atoms with Gasteiger partial charge in [-0.2, -0.15) is 0 Å². The third-order valence-electron chi connectivity index (χ3n) is 3.99. The van der Waals surface area contributed by atoms with E-state index in [0.717, 1.165) is 16.9 Å². The largest absolute Gasteiger partial charge is 0.280 e. The van der Waals surface area contributed by atoms with E-state index >= 15 is 0 Å². The van der Waals surface area contributed by atoms with Crippen LogP contribution in [0.5, 0.6) is 0 Å². The van der Waals surface area contributed by atoms with E-state index in [9.17, 15) is 16.8 Å². The maximum absolute atomic E-state index is 12.7. The molecule has 0 fully saturated rings. The van der Waals surface area contributed by atoms with Crippen LogP contribution < -0.4 is 4.72 Å². The predicted molar refractivity (Wildman–Crippen MR) is 109 cm³/mol. The van der Waals surface area contributed by atoms with E-state index in [-0.39, 0.29) is 15.0 Å². The molecule has 0 radical (unpaired) electrons. The van der Waals surface area contributed by atoms with E-state index in [1.54, 1.807) is 44.2 Å². The van der Waals surface area contributed by atoms with Crippen LogP contribution in [0.25, 0.3) is 10.2 Å². The number of sulfone groups is 1. The Morgan fingerprint density at radius 3 is 2.48 bits per heavy atom. The van der Waals surface area contributed by atoms with Gasteiger partial charge in [0.15, 0.2) is 0 Å². The lowest BCUT2D eigenvalue weighted by molar-refractivity contribution is 0.594. The molecule has 2 aromatic carbocycles. The first-order chi connectivity index (χ1) is 12.6. The molecule has 144 valence electrons. The second-order valence-electron chi connectivity index (χ2n) is 6.36. The van der Waals surface area contributed by atoms with Crippen LogP contribution in [-0.4, -0.2) is 27.6 Å². The number of thiazole rings is 1. The molecule has 0 aliphatic heterocycles. The molecule has 6 nitrogen and oxygen atoms in total. The summed E-state index contributed by atoms with van der Waals surface area (Å²) in [5, 5.41) is 0. The summed E-state index contributed by atoms with van der Waals surface area (Å²) in [6, 6.07) is 10.1. The molecule has 3 rings (SSSR count). The van der Waals surface area contributed by atoms with E-state index in [4.69, 9.17) is 0 Å². The van der Waals surface area contributed by atoms with Gasteiger partial charge in [-0.1, -0.05) is 19.1 Å². The molecule has 0 saturated carbocycles. The third-order valence-corrected chi connectivity index (χ3v) is 8.91.